The van der Waals surface area contributed by atoms with E-state index >= 15 is 0 Å². The van der Waals surface area contributed by atoms with Crippen LogP contribution in [0.15, 0.2) is 71.3 Å². The lowest BCUT2D eigenvalue weighted by atomic mass is 10.2. The lowest BCUT2D eigenvalue weighted by molar-refractivity contribution is -0.120. The van der Waals surface area contributed by atoms with Gasteiger partial charge in [0.2, 0.25) is 5.91 Å². The Hall–Kier alpha value is -3.25. The van der Waals surface area contributed by atoms with E-state index in [1.54, 1.807) is 13.4 Å². The number of rotatable bonds is 10. The summed E-state index contributed by atoms with van der Waals surface area (Å²) in [4.78, 5) is 12.1. The minimum atomic E-state index is -0.0909. The number of nitrogens with one attached hydrogen (secondary N) is 2. The van der Waals surface area contributed by atoms with Crippen molar-refractivity contribution >= 4 is 5.91 Å². The summed E-state index contributed by atoms with van der Waals surface area (Å²) >= 11 is 0. The molecule has 0 radical (unpaired) electrons. The Labute approximate surface area is 170 Å². The zero-order valence-corrected chi connectivity index (χ0v) is 16.7. The quantitative estimate of drug-likeness (QED) is 0.547. The Bertz CT molecular complexity index is 895. The maximum absolute atomic E-state index is 12.1. The number of amides is 1. The predicted molar refractivity (Wildman–Crippen MR) is 111 cm³/mol. The van der Waals surface area contributed by atoms with E-state index in [4.69, 9.17) is 13.9 Å². The first kappa shape index (κ1) is 20.5. The van der Waals surface area contributed by atoms with Gasteiger partial charge in [-0.25, -0.2) is 0 Å². The molecule has 0 saturated heterocycles. The molecular weight excluding hydrogens is 368 g/mol. The van der Waals surface area contributed by atoms with Crippen molar-refractivity contribution in [3.63, 3.8) is 0 Å². The van der Waals surface area contributed by atoms with Crippen molar-refractivity contribution in [2.45, 2.75) is 26.1 Å². The third kappa shape index (κ3) is 6.12. The molecular formula is C23H26N2O4. The molecule has 6 nitrogen and oxygen atoms in total. The van der Waals surface area contributed by atoms with E-state index in [1.165, 1.54) is 0 Å². The summed E-state index contributed by atoms with van der Waals surface area (Å²) in [7, 11) is 1.60. The fraction of sp³-hybridized carbons (Fsp3) is 0.261. The molecule has 0 aliphatic rings. The van der Waals surface area contributed by atoms with Crippen LogP contribution in [0.4, 0.5) is 0 Å². The standard InChI is InChI=1S/C23H26N2O4/c1-17(20-9-6-12-28-20)24-15-23(26)25-14-19-10-11-21(22(13-19)27-2)29-16-18-7-4-3-5-8-18/h3-13,17,24H,14-16H2,1-2H3,(H,25,26)/t17-/m0/s1. The maximum atomic E-state index is 12.1. The van der Waals surface area contributed by atoms with Crippen LogP contribution in [0.1, 0.15) is 29.9 Å². The van der Waals surface area contributed by atoms with Gasteiger partial charge in [0.15, 0.2) is 11.5 Å². The van der Waals surface area contributed by atoms with E-state index in [0.29, 0.717) is 24.7 Å². The molecule has 1 heterocycles. The number of benzene rings is 2. The second kappa shape index (κ2) is 10.3. The minimum Gasteiger partial charge on any atom is -0.493 e. The summed E-state index contributed by atoms with van der Waals surface area (Å²) in [6.07, 6.45) is 1.62. The molecule has 1 aromatic heterocycles. The summed E-state index contributed by atoms with van der Waals surface area (Å²) in [5, 5.41) is 6.03. The Kier molecular flexibility index (Phi) is 7.30. The maximum Gasteiger partial charge on any atom is 0.234 e. The van der Waals surface area contributed by atoms with Crippen LogP contribution >= 0.6 is 0 Å². The van der Waals surface area contributed by atoms with Crippen LogP contribution in [0.2, 0.25) is 0 Å². The third-order valence-electron chi connectivity index (χ3n) is 4.49. The Balaban J connectivity index is 1.48. The number of hydrogen-bond acceptors (Lipinski definition) is 5. The van der Waals surface area contributed by atoms with E-state index in [2.05, 4.69) is 10.6 Å². The van der Waals surface area contributed by atoms with E-state index in [1.807, 2.05) is 67.6 Å². The molecule has 1 amide bonds. The van der Waals surface area contributed by atoms with Gasteiger partial charge in [-0.3, -0.25) is 10.1 Å². The fourth-order valence-corrected chi connectivity index (χ4v) is 2.82. The average Bonchev–Trinajstić information content (AvgIpc) is 3.30. The second-order valence-corrected chi connectivity index (χ2v) is 6.65. The van der Waals surface area contributed by atoms with E-state index in [0.717, 1.165) is 16.9 Å². The molecule has 2 aromatic carbocycles. The van der Waals surface area contributed by atoms with E-state index < -0.39 is 0 Å². The van der Waals surface area contributed by atoms with Gasteiger partial charge in [-0.2, -0.15) is 0 Å². The van der Waals surface area contributed by atoms with Crippen LogP contribution in [0.5, 0.6) is 11.5 Å². The van der Waals surface area contributed by atoms with Crippen molar-refractivity contribution < 1.29 is 18.7 Å². The van der Waals surface area contributed by atoms with Gasteiger partial charge in [-0.15, -0.1) is 0 Å². The fourth-order valence-electron chi connectivity index (χ4n) is 2.82. The smallest absolute Gasteiger partial charge is 0.234 e. The number of methoxy groups -OCH3 is 1. The number of hydrogen-bond donors (Lipinski definition) is 2. The molecule has 3 rings (SSSR count). The number of ether oxygens (including phenoxy) is 2. The minimum absolute atomic E-state index is 0.0307. The molecule has 29 heavy (non-hydrogen) atoms. The van der Waals surface area contributed by atoms with Gasteiger partial charge >= 0.3 is 0 Å². The summed E-state index contributed by atoms with van der Waals surface area (Å²) in [6.45, 7) is 3.03. The Morgan fingerprint density at radius 3 is 2.59 bits per heavy atom. The van der Waals surface area contributed by atoms with Gasteiger partial charge in [-0.05, 0) is 42.3 Å². The highest BCUT2D eigenvalue weighted by Crippen LogP contribution is 2.28. The highest BCUT2D eigenvalue weighted by Gasteiger charge is 2.11. The van der Waals surface area contributed by atoms with E-state index in [-0.39, 0.29) is 18.5 Å². The van der Waals surface area contributed by atoms with Crippen LogP contribution < -0.4 is 20.1 Å². The number of carbonyl (C=O) groups excluding carboxylic acids is 1. The number of carbonyl (C=O) groups is 1. The van der Waals surface area contributed by atoms with Crippen LogP contribution in [-0.2, 0) is 17.9 Å². The van der Waals surface area contributed by atoms with Crippen LogP contribution in [0.25, 0.3) is 0 Å². The van der Waals surface area contributed by atoms with Crippen molar-refractivity contribution in [1.82, 2.24) is 10.6 Å². The van der Waals surface area contributed by atoms with Crippen molar-refractivity contribution in [3.05, 3.63) is 83.8 Å². The molecule has 0 unspecified atom stereocenters. The van der Waals surface area contributed by atoms with Crippen molar-refractivity contribution in [3.8, 4) is 11.5 Å². The summed E-state index contributed by atoms with van der Waals surface area (Å²) < 4.78 is 16.6. The first-order valence-electron chi connectivity index (χ1n) is 9.53. The van der Waals surface area contributed by atoms with Gasteiger partial charge in [0.05, 0.1) is 26.0 Å². The second-order valence-electron chi connectivity index (χ2n) is 6.65. The molecule has 0 spiro atoms. The topological polar surface area (TPSA) is 72.7 Å². The highest BCUT2D eigenvalue weighted by molar-refractivity contribution is 5.78. The molecule has 6 heteroatoms. The zero-order chi connectivity index (χ0) is 20.5. The lowest BCUT2D eigenvalue weighted by Gasteiger charge is -2.14. The van der Waals surface area contributed by atoms with E-state index in [9.17, 15) is 4.79 Å². The van der Waals surface area contributed by atoms with Crippen molar-refractivity contribution in [1.29, 1.82) is 0 Å². The molecule has 0 saturated carbocycles. The third-order valence-corrected chi connectivity index (χ3v) is 4.49. The van der Waals surface area contributed by atoms with Crippen LogP contribution in [-0.4, -0.2) is 19.6 Å². The summed E-state index contributed by atoms with van der Waals surface area (Å²) in [5.74, 6) is 2.01. The lowest BCUT2D eigenvalue weighted by Crippen LogP contribution is -2.34. The Morgan fingerprint density at radius 1 is 1.03 bits per heavy atom. The molecule has 0 aliphatic carbocycles. The molecule has 152 valence electrons. The van der Waals surface area contributed by atoms with Crippen LogP contribution in [0, 0.1) is 0 Å². The SMILES string of the molecule is COc1cc(CNC(=O)CN[C@@H](C)c2ccco2)ccc1OCc1ccccc1. The normalized spacial score (nSPS) is 11.7. The molecule has 2 N–H and O–H groups in total. The highest BCUT2D eigenvalue weighted by atomic mass is 16.5. The average molecular weight is 394 g/mol. The molecule has 0 fully saturated rings. The monoisotopic (exact) mass is 394 g/mol. The van der Waals surface area contributed by atoms with Gasteiger partial charge in [0.25, 0.3) is 0 Å². The largest absolute Gasteiger partial charge is 0.493 e. The van der Waals surface area contributed by atoms with Crippen LogP contribution in [0.3, 0.4) is 0 Å². The predicted octanol–water partition coefficient (Wildman–Crippen LogP) is 3.83. The molecule has 0 bridgehead atoms. The van der Waals surface area contributed by atoms with Crippen molar-refractivity contribution in [2.75, 3.05) is 13.7 Å². The summed E-state index contributed by atoms with van der Waals surface area (Å²) in [5.41, 5.74) is 2.02. The molecule has 0 aliphatic heterocycles. The molecule has 1 atom stereocenters. The zero-order valence-electron chi connectivity index (χ0n) is 16.7. The van der Waals surface area contributed by atoms with Gasteiger partial charge in [0.1, 0.15) is 12.4 Å². The Morgan fingerprint density at radius 2 is 1.86 bits per heavy atom. The van der Waals surface area contributed by atoms with Gasteiger partial charge < -0.3 is 19.2 Å². The van der Waals surface area contributed by atoms with Gasteiger partial charge in [-0.1, -0.05) is 36.4 Å². The first-order valence-corrected chi connectivity index (χ1v) is 9.53. The first-order chi connectivity index (χ1) is 14.2. The van der Waals surface area contributed by atoms with Crippen molar-refractivity contribution in [2.24, 2.45) is 0 Å². The summed E-state index contributed by atoms with van der Waals surface area (Å²) in [6, 6.07) is 19.3. The molecule has 3 aromatic rings. The number of furan rings is 1. The van der Waals surface area contributed by atoms with Gasteiger partial charge in [0, 0.05) is 6.54 Å².